The second kappa shape index (κ2) is 11.8. The van der Waals surface area contributed by atoms with Crippen LogP contribution in [0.15, 0.2) is 29.7 Å². The Kier molecular flexibility index (Phi) is 9.04. The Hall–Kier alpha value is -3.02. The average Bonchev–Trinajstić information content (AvgIpc) is 3.40. The molecular formula is C18H27N8O9P. The smallest absolute Gasteiger partial charge is 0.351 e. The maximum absolute atomic E-state index is 11.5. The number of hydrogen-bond donors (Lipinski definition) is 7. The molecule has 0 spiro atoms. The fourth-order valence-corrected chi connectivity index (χ4v) is 3.72. The average molecular weight is 530 g/mol. The van der Waals surface area contributed by atoms with Crippen LogP contribution in [0.3, 0.4) is 0 Å². The van der Waals surface area contributed by atoms with Gasteiger partial charge in [-0.25, -0.2) is 19.7 Å². The number of nitrogen functional groups attached to an aromatic ring is 2. The highest BCUT2D eigenvalue weighted by Gasteiger charge is 2.34. The summed E-state index contributed by atoms with van der Waals surface area (Å²) in [5.41, 5.74) is 11.3. The largest absolute Gasteiger partial charge is 0.394 e. The van der Waals surface area contributed by atoms with Gasteiger partial charge in [-0.3, -0.25) is 9.13 Å². The molecule has 0 aromatic carbocycles. The number of aliphatic hydroxyl groups excluding tert-OH is 3. The fraction of sp³-hybridized carbons (Fsp3) is 0.500. The summed E-state index contributed by atoms with van der Waals surface area (Å²) in [5.74, 6) is 0.365. The summed E-state index contributed by atoms with van der Waals surface area (Å²) < 4.78 is 23.8. The number of nitrogens with two attached hydrogens (primary N) is 2. The minimum absolute atomic E-state index is 0.128. The van der Waals surface area contributed by atoms with E-state index in [-0.39, 0.29) is 31.2 Å². The summed E-state index contributed by atoms with van der Waals surface area (Å²) in [6.45, 7) is -0.557. The van der Waals surface area contributed by atoms with Crippen LogP contribution in [0.1, 0.15) is 12.6 Å². The van der Waals surface area contributed by atoms with E-state index in [1.54, 1.807) is 4.57 Å². The van der Waals surface area contributed by atoms with Crippen molar-refractivity contribution >= 4 is 30.4 Å². The Balaban J connectivity index is 0.000000205. The Morgan fingerprint density at radius 2 is 2.00 bits per heavy atom. The van der Waals surface area contributed by atoms with Crippen LogP contribution in [0.5, 0.6) is 0 Å². The van der Waals surface area contributed by atoms with E-state index < -0.39 is 50.8 Å². The number of aliphatic hydroxyl groups is 3. The van der Waals surface area contributed by atoms with Crippen LogP contribution in [0.4, 0.5) is 11.6 Å². The lowest BCUT2D eigenvalue weighted by Gasteiger charge is -2.16. The van der Waals surface area contributed by atoms with Gasteiger partial charge in [0.05, 0.1) is 38.3 Å². The fourth-order valence-electron chi connectivity index (χ4n) is 3.31. The van der Waals surface area contributed by atoms with Crippen LogP contribution in [0.25, 0.3) is 11.2 Å². The molecule has 18 heteroatoms. The van der Waals surface area contributed by atoms with Gasteiger partial charge in [0.1, 0.15) is 36.3 Å². The molecule has 0 amide bonds. The second-order valence-corrected chi connectivity index (χ2v) is 9.34. The van der Waals surface area contributed by atoms with Crippen molar-refractivity contribution in [1.82, 2.24) is 29.1 Å². The molecule has 17 nitrogen and oxygen atoms in total. The van der Waals surface area contributed by atoms with Crippen molar-refractivity contribution in [2.24, 2.45) is 0 Å². The number of rotatable bonds is 8. The number of imidazole rings is 1. The van der Waals surface area contributed by atoms with Crippen molar-refractivity contribution in [2.45, 2.75) is 37.5 Å². The minimum Gasteiger partial charge on any atom is -0.394 e. The Morgan fingerprint density at radius 1 is 1.25 bits per heavy atom. The molecule has 36 heavy (non-hydrogen) atoms. The van der Waals surface area contributed by atoms with E-state index >= 15 is 0 Å². The Bertz CT molecular complexity index is 1260. The number of ether oxygens (including phenoxy) is 2. The highest BCUT2D eigenvalue weighted by atomic mass is 31.2. The molecule has 3 aromatic heterocycles. The Morgan fingerprint density at radius 3 is 2.61 bits per heavy atom. The highest BCUT2D eigenvalue weighted by Crippen LogP contribution is 2.34. The van der Waals surface area contributed by atoms with Gasteiger partial charge in [0.25, 0.3) is 0 Å². The molecule has 0 saturated carbocycles. The van der Waals surface area contributed by atoms with Crippen LogP contribution in [0.2, 0.25) is 0 Å². The number of fused-ring (bicyclic) bond motifs is 1. The zero-order valence-corrected chi connectivity index (χ0v) is 19.7. The molecular weight excluding hydrogens is 503 g/mol. The van der Waals surface area contributed by atoms with Crippen molar-refractivity contribution in [2.75, 3.05) is 31.0 Å². The van der Waals surface area contributed by atoms with Crippen molar-refractivity contribution in [3.05, 3.63) is 35.4 Å². The molecule has 1 aliphatic rings. The van der Waals surface area contributed by atoms with Gasteiger partial charge >= 0.3 is 13.3 Å². The molecule has 4 heterocycles. The van der Waals surface area contributed by atoms with Crippen LogP contribution >= 0.6 is 7.60 Å². The summed E-state index contributed by atoms with van der Waals surface area (Å²) >= 11 is 0. The molecule has 0 unspecified atom stereocenters. The molecule has 0 bridgehead atoms. The minimum atomic E-state index is -4.28. The molecule has 4 atom stereocenters. The van der Waals surface area contributed by atoms with Gasteiger partial charge in [-0.05, 0) is 6.07 Å². The van der Waals surface area contributed by atoms with Gasteiger partial charge in [-0.2, -0.15) is 4.98 Å². The Labute approximate surface area is 203 Å². The summed E-state index contributed by atoms with van der Waals surface area (Å²) in [6, 6.07) is 1.48. The lowest BCUT2D eigenvalue weighted by Crippen LogP contribution is -2.27. The van der Waals surface area contributed by atoms with Crippen LogP contribution in [-0.4, -0.2) is 92.1 Å². The number of hydrogen-bond acceptors (Lipinski definition) is 13. The van der Waals surface area contributed by atoms with Crippen molar-refractivity contribution < 1.29 is 39.1 Å². The highest BCUT2D eigenvalue weighted by molar-refractivity contribution is 7.51. The molecule has 0 aliphatic carbocycles. The first kappa shape index (κ1) is 27.6. The van der Waals surface area contributed by atoms with E-state index in [0.29, 0.717) is 11.2 Å². The summed E-state index contributed by atoms with van der Waals surface area (Å²) in [4.78, 5) is 44.4. The van der Waals surface area contributed by atoms with Gasteiger partial charge in [-0.1, -0.05) is 0 Å². The number of nitrogens with zero attached hydrogens (tertiary/aromatic N) is 6. The first-order chi connectivity index (χ1) is 17.0. The summed E-state index contributed by atoms with van der Waals surface area (Å²) in [7, 11) is -4.28. The van der Waals surface area contributed by atoms with Gasteiger partial charge < -0.3 is 50.6 Å². The molecule has 0 radical (unpaired) electrons. The standard InChI is InChI=1S/C9H14N5O5P.C9H13N3O4/c10-8-7-9(12-3-11-8)14(4-13-7)1-6(2-15)19-5-20(16,17)18;10-7-1-2-12(9(15)11-7)8-3-5(14)6(4-13)16-8/h3-4,6,15H,1-2,5H2,(H2,10,11,12)(H2,16,17,18);1-2,5-6,8,13-14H,3-4H2,(H2,10,11,15)/t6-;5-,6+,8+/m00/s1. The monoisotopic (exact) mass is 530 g/mol. The van der Waals surface area contributed by atoms with Crippen molar-refractivity contribution in [3.63, 3.8) is 0 Å². The maximum atomic E-state index is 11.5. The number of anilines is 2. The first-order valence-corrected chi connectivity index (χ1v) is 12.3. The van der Waals surface area contributed by atoms with Crippen molar-refractivity contribution in [3.8, 4) is 0 Å². The van der Waals surface area contributed by atoms with E-state index in [9.17, 15) is 19.6 Å². The van der Waals surface area contributed by atoms with E-state index in [1.807, 2.05) is 0 Å². The molecule has 1 saturated heterocycles. The van der Waals surface area contributed by atoms with E-state index in [0.717, 1.165) is 0 Å². The van der Waals surface area contributed by atoms with E-state index in [1.165, 1.54) is 29.5 Å². The lowest BCUT2D eigenvalue weighted by molar-refractivity contribution is -0.0458. The topological polar surface area (TPSA) is 267 Å². The molecule has 4 rings (SSSR count). The molecule has 9 N–H and O–H groups in total. The van der Waals surface area contributed by atoms with Gasteiger partial charge in [0.2, 0.25) is 0 Å². The lowest BCUT2D eigenvalue weighted by atomic mass is 10.2. The van der Waals surface area contributed by atoms with Crippen molar-refractivity contribution in [1.29, 1.82) is 0 Å². The van der Waals surface area contributed by atoms with Gasteiger partial charge in [0.15, 0.2) is 11.5 Å². The maximum Gasteiger partial charge on any atom is 0.351 e. The number of aromatic nitrogens is 6. The van der Waals surface area contributed by atoms with Gasteiger partial charge in [-0.15, -0.1) is 0 Å². The molecule has 198 valence electrons. The van der Waals surface area contributed by atoms with E-state index in [2.05, 4.69) is 19.9 Å². The first-order valence-electron chi connectivity index (χ1n) is 10.5. The zero-order chi connectivity index (χ0) is 26.5. The predicted molar refractivity (Wildman–Crippen MR) is 123 cm³/mol. The zero-order valence-electron chi connectivity index (χ0n) is 18.8. The van der Waals surface area contributed by atoms with E-state index in [4.69, 9.17) is 35.8 Å². The third-order valence-corrected chi connectivity index (χ3v) is 5.54. The molecule has 3 aromatic rings. The summed E-state index contributed by atoms with van der Waals surface area (Å²) in [5, 5.41) is 27.6. The van der Waals surface area contributed by atoms with Gasteiger partial charge in [0, 0.05) is 12.6 Å². The third kappa shape index (κ3) is 7.02. The quantitative estimate of drug-likeness (QED) is 0.147. The molecule has 1 fully saturated rings. The van der Waals surface area contributed by atoms with Crippen LogP contribution in [0, 0.1) is 0 Å². The molecule has 1 aliphatic heterocycles. The predicted octanol–water partition coefficient (Wildman–Crippen LogP) is -2.61. The normalized spacial score (nSPS) is 20.8. The van der Waals surface area contributed by atoms with Crippen LogP contribution in [-0.2, 0) is 20.6 Å². The third-order valence-electron chi connectivity index (χ3n) is 5.06. The summed E-state index contributed by atoms with van der Waals surface area (Å²) in [6.07, 6.45) is 0.831. The second-order valence-electron chi connectivity index (χ2n) is 7.75. The van der Waals surface area contributed by atoms with Crippen LogP contribution < -0.4 is 17.2 Å². The SMILES string of the molecule is Nc1ccn([C@H]2C[C@H](O)[C@@H](CO)O2)c(=O)n1.Nc1ncnc2c1ncn2C[C@@H](CO)OCP(=O)(O)O.